The maximum absolute atomic E-state index is 7.20. The van der Waals surface area contributed by atoms with Gasteiger partial charge in [-0.15, -0.1) is 0 Å². The predicted octanol–water partition coefficient (Wildman–Crippen LogP) is 16.0. The van der Waals surface area contributed by atoms with Crippen molar-refractivity contribution in [3.8, 4) is 34.1 Å². The van der Waals surface area contributed by atoms with E-state index < -0.39 is 0 Å². The molecular formula is C64H39BN2O4. The number of para-hydroxylation sites is 4. The molecule has 11 aromatic carbocycles. The molecule has 0 spiro atoms. The van der Waals surface area contributed by atoms with Crippen LogP contribution < -0.4 is 35.7 Å². The highest BCUT2D eigenvalue weighted by atomic mass is 16.5. The number of hydrogen-bond donors (Lipinski definition) is 0. The first-order valence-corrected chi connectivity index (χ1v) is 24.0. The Morgan fingerprint density at radius 2 is 0.746 bits per heavy atom. The summed E-state index contributed by atoms with van der Waals surface area (Å²) in [5.74, 6) is 2.87. The molecule has 6 nitrogen and oxygen atoms in total. The minimum atomic E-state index is -0.242. The lowest BCUT2D eigenvalue weighted by Gasteiger charge is -2.33. The lowest BCUT2D eigenvalue weighted by atomic mass is 9.34. The summed E-state index contributed by atoms with van der Waals surface area (Å²) in [6.45, 7) is -0.242. The Hall–Kier alpha value is -9.46. The van der Waals surface area contributed by atoms with Gasteiger partial charge in [0.1, 0.15) is 22.7 Å². The highest BCUT2D eigenvalue weighted by molar-refractivity contribution is 6.98. The molecule has 0 bridgehead atoms. The van der Waals surface area contributed by atoms with Crippen LogP contribution >= 0.6 is 0 Å². The Bertz CT molecular complexity index is 3930. The van der Waals surface area contributed by atoms with E-state index in [0.29, 0.717) is 22.7 Å². The van der Waals surface area contributed by atoms with Gasteiger partial charge >= 0.3 is 0 Å². The number of nitrogens with zero attached hydrogens (tertiary/aromatic N) is 2. The van der Waals surface area contributed by atoms with Crippen LogP contribution in [0.4, 0.5) is 34.1 Å². The zero-order valence-electron chi connectivity index (χ0n) is 38.1. The molecule has 0 atom stereocenters. The van der Waals surface area contributed by atoms with Crippen molar-refractivity contribution in [3.63, 3.8) is 0 Å². The second-order valence-corrected chi connectivity index (χ2v) is 18.3. The smallest absolute Gasteiger partial charge is 0.261 e. The van der Waals surface area contributed by atoms with E-state index in [1.54, 1.807) is 0 Å². The third-order valence-electron chi connectivity index (χ3n) is 14.3. The second kappa shape index (κ2) is 15.5. The summed E-state index contributed by atoms with van der Waals surface area (Å²) >= 11 is 0. The molecule has 7 heteroatoms. The first-order chi connectivity index (χ1) is 35.2. The molecule has 4 heterocycles. The highest BCUT2D eigenvalue weighted by Crippen LogP contribution is 2.47. The van der Waals surface area contributed by atoms with Gasteiger partial charge in [-0.1, -0.05) is 140 Å². The van der Waals surface area contributed by atoms with E-state index in [0.717, 1.165) is 117 Å². The first-order valence-electron chi connectivity index (χ1n) is 24.0. The van der Waals surface area contributed by atoms with Gasteiger partial charge in [0.15, 0.2) is 22.7 Å². The number of benzene rings is 11. The van der Waals surface area contributed by atoms with Crippen molar-refractivity contribution in [2.45, 2.75) is 0 Å². The number of rotatable bonds is 7. The quantitative estimate of drug-likeness (QED) is 0.149. The second-order valence-electron chi connectivity index (χ2n) is 18.3. The number of ether oxygens (including phenoxy) is 2. The van der Waals surface area contributed by atoms with Crippen LogP contribution in [0.1, 0.15) is 0 Å². The zero-order valence-corrected chi connectivity index (χ0v) is 38.1. The maximum atomic E-state index is 7.20. The third kappa shape index (κ3) is 6.16. The molecule has 2 aliphatic heterocycles. The summed E-state index contributed by atoms with van der Waals surface area (Å²) in [4.78, 5) is 4.51. The Balaban J connectivity index is 0.926. The SMILES string of the molecule is c1ccc(N(c2ccccc2)c2ccc3c(c2)oc2c4c(ccc23)B2c3ccc5c(oc6cc(N(c7ccccc7)c7ccccc7)ccc65)c3Oc3cc(-c5cccc6ccccc56)cc(c32)O4)cc1. The van der Waals surface area contributed by atoms with Crippen LogP contribution in [0.5, 0.6) is 23.0 Å². The van der Waals surface area contributed by atoms with E-state index in [9.17, 15) is 0 Å². The molecule has 2 aromatic heterocycles. The molecule has 0 fully saturated rings. The summed E-state index contributed by atoms with van der Waals surface area (Å²) in [6.07, 6.45) is 0. The van der Waals surface area contributed by atoms with Crippen molar-refractivity contribution >= 4 is 112 Å². The van der Waals surface area contributed by atoms with Crippen molar-refractivity contribution in [1.82, 2.24) is 0 Å². The van der Waals surface area contributed by atoms with Crippen molar-refractivity contribution in [3.05, 3.63) is 237 Å². The lowest BCUT2D eigenvalue weighted by molar-refractivity contribution is 0.459. The summed E-state index contributed by atoms with van der Waals surface area (Å²) in [6, 6.07) is 82.8. The van der Waals surface area contributed by atoms with E-state index in [4.69, 9.17) is 18.3 Å². The van der Waals surface area contributed by atoms with Gasteiger partial charge in [0.2, 0.25) is 0 Å². The van der Waals surface area contributed by atoms with Gasteiger partial charge < -0.3 is 28.1 Å². The molecular weight excluding hydrogens is 872 g/mol. The molecule has 0 saturated heterocycles. The van der Waals surface area contributed by atoms with E-state index in [1.165, 1.54) is 0 Å². The maximum Gasteiger partial charge on any atom is 0.261 e. The number of furan rings is 2. The van der Waals surface area contributed by atoms with Crippen molar-refractivity contribution in [2.75, 3.05) is 9.80 Å². The van der Waals surface area contributed by atoms with E-state index >= 15 is 0 Å². The number of anilines is 6. The normalized spacial score (nSPS) is 12.4. The van der Waals surface area contributed by atoms with Gasteiger partial charge in [0, 0.05) is 73.3 Å². The van der Waals surface area contributed by atoms with Crippen molar-refractivity contribution < 1.29 is 18.3 Å². The Labute approximate surface area is 408 Å². The largest absolute Gasteiger partial charge is 0.454 e. The average molecular weight is 911 g/mol. The molecule has 0 saturated carbocycles. The molecule has 0 unspecified atom stereocenters. The van der Waals surface area contributed by atoms with Gasteiger partial charge in [0.25, 0.3) is 6.71 Å². The fraction of sp³-hybridized carbons (Fsp3) is 0. The van der Waals surface area contributed by atoms with Crippen LogP contribution in [-0.2, 0) is 0 Å². The Morgan fingerprint density at radius 3 is 1.23 bits per heavy atom. The van der Waals surface area contributed by atoms with Gasteiger partial charge in [0.05, 0.1) is 0 Å². The highest BCUT2D eigenvalue weighted by Gasteiger charge is 2.43. The monoisotopic (exact) mass is 910 g/mol. The molecule has 71 heavy (non-hydrogen) atoms. The summed E-state index contributed by atoms with van der Waals surface area (Å²) < 4.78 is 28.5. The first kappa shape index (κ1) is 39.5. The van der Waals surface area contributed by atoms with Gasteiger partial charge in [-0.2, -0.15) is 0 Å². The van der Waals surface area contributed by atoms with Gasteiger partial charge in [-0.05, 0) is 118 Å². The number of fused-ring (bicyclic) bond motifs is 13. The van der Waals surface area contributed by atoms with E-state index in [1.807, 2.05) is 24.3 Å². The predicted molar refractivity (Wildman–Crippen MR) is 291 cm³/mol. The molecule has 0 amide bonds. The van der Waals surface area contributed by atoms with Crippen LogP contribution in [0.3, 0.4) is 0 Å². The summed E-state index contributed by atoms with van der Waals surface area (Å²) in [7, 11) is 0. The third-order valence-corrected chi connectivity index (χ3v) is 14.3. The average Bonchev–Trinajstić information content (AvgIpc) is 4.00. The van der Waals surface area contributed by atoms with Gasteiger partial charge in [-0.25, -0.2) is 0 Å². The Kier molecular flexibility index (Phi) is 8.65. The summed E-state index contributed by atoms with van der Waals surface area (Å²) in [5.41, 5.74) is 14.2. The van der Waals surface area contributed by atoms with Gasteiger partial charge in [-0.3, -0.25) is 0 Å². The van der Waals surface area contributed by atoms with Crippen LogP contribution in [0, 0.1) is 0 Å². The van der Waals surface area contributed by atoms with E-state index in [-0.39, 0.29) is 6.71 Å². The summed E-state index contributed by atoms with van der Waals surface area (Å²) in [5, 5.41) is 6.32. The van der Waals surface area contributed by atoms with E-state index in [2.05, 4.69) is 222 Å². The van der Waals surface area contributed by atoms with Crippen LogP contribution in [0.15, 0.2) is 245 Å². The van der Waals surface area contributed by atoms with Crippen LogP contribution in [0.25, 0.3) is 65.8 Å². The fourth-order valence-corrected chi connectivity index (χ4v) is 11.2. The topological polar surface area (TPSA) is 51.2 Å². The fourth-order valence-electron chi connectivity index (χ4n) is 11.2. The zero-order chi connectivity index (χ0) is 46.6. The standard InChI is InChI=1S/C64H39BN2O4/c1-5-18-42(19-6-1)66(43-20-7-2-8-21-43)46-28-30-50-52-32-34-54-63(61(52)68-56(50)38-46)70-58-36-41(49-27-15-17-40-16-13-14-26-48(40)49)37-59-60(58)65(54)55-35-33-53-51-31-29-47(39-57(51)69-62(53)64(55)71-59)67(44-22-9-3-10-23-44)45-24-11-4-12-25-45/h1-39H. The van der Waals surface area contributed by atoms with Crippen molar-refractivity contribution in [2.24, 2.45) is 0 Å². The molecule has 0 aliphatic carbocycles. The molecule has 13 aromatic rings. The number of hydrogen-bond acceptors (Lipinski definition) is 6. The Morgan fingerprint density at radius 1 is 0.324 bits per heavy atom. The molecule has 332 valence electrons. The van der Waals surface area contributed by atoms with Crippen LogP contribution in [0.2, 0.25) is 0 Å². The molecule has 2 aliphatic rings. The lowest BCUT2D eigenvalue weighted by Crippen LogP contribution is -2.57. The molecule has 0 N–H and O–H groups in total. The minimum absolute atomic E-state index is 0.242. The molecule has 15 rings (SSSR count). The molecule has 0 radical (unpaired) electrons. The van der Waals surface area contributed by atoms with Crippen molar-refractivity contribution in [1.29, 1.82) is 0 Å². The van der Waals surface area contributed by atoms with Crippen LogP contribution in [-0.4, -0.2) is 6.71 Å². The minimum Gasteiger partial charge on any atom is -0.454 e.